The van der Waals surface area contributed by atoms with Crippen molar-refractivity contribution in [3.8, 4) is 0 Å². The minimum absolute atomic E-state index is 0. The Hall–Kier alpha value is -1.14. The van der Waals surface area contributed by atoms with E-state index in [0.29, 0.717) is 19.4 Å². The smallest absolute Gasteiger partial charge is 0.243 e. The van der Waals surface area contributed by atoms with Crippen molar-refractivity contribution in [3.63, 3.8) is 0 Å². The molecule has 1 saturated heterocycles. The van der Waals surface area contributed by atoms with Crippen LogP contribution in [0.15, 0.2) is 30.3 Å². The molecule has 2 aliphatic rings. The summed E-state index contributed by atoms with van der Waals surface area (Å²) >= 11 is 0. The van der Waals surface area contributed by atoms with Gasteiger partial charge in [0.25, 0.3) is 0 Å². The van der Waals surface area contributed by atoms with Crippen molar-refractivity contribution in [2.45, 2.75) is 70.2 Å². The first-order valence-corrected chi connectivity index (χ1v) is 9.76. The molecule has 27 heavy (non-hydrogen) atoms. The molecule has 152 valence electrons. The molecular weight excluding hydrogens is 364 g/mol. The highest BCUT2D eigenvalue weighted by Gasteiger charge is 2.64. The molecule has 4 atom stereocenters. The zero-order valence-electron chi connectivity index (χ0n) is 16.6. The van der Waals surface area contributed by atoms with Crippen LogP contribution in [0.2, 0.25) is 0 Å². The Labute approximate surface area is 168 Å². The minimum Gasteiger partial charge on any atom is -0.388 e. The van der Waals surface area contributed by atoms with Gasteiger partial charge in [0, 0.05) is 31.0 Å². The molecule has 1 aromatic carbocycles. The van der Waals surface area contributed by atoms with Gasteiger partial charge in [0.1, 0.15) is 5.54 Å². The molecule has 3 rings (SSSR count). The Balaban J connectivity index is 0.00000261. The summed E-state index contributed by atoms with van der Waals surface area (Å²) < 4.78 is 5.76. The second kappa shape index (κ2) is 8.48. The van der Waals surface area contributed by atoms with Gasteiger partial charge in [0.15, 0.2) is 0 Å². The van der Waals surface area contributed by atoms with Gasteiger partial charge in [0.2, 0.25) is 5.91 Å². The van der Waals surface area contributed by atoms with E-state index < -0.39 is 11.6 Å². The summed E-state index contributed by atoms with van der Waals surface area (Å²) in [5.74, 6) is 0.0150. The number of hydrogen-bond acceptors (Lipinski definition) is 4. The van der Waals surface area contributed by atoms with E-state index in [4.69, 9.17) is 10.5 Å². The number of nitrogens with zero attached hydrogens (tertiary/aromatic N) is 1. The molecule has 1 aliphatic carbocycles. The van der Waals surface area contributed by atoms with E-state index in [9.17, 15) is 9.90 Å². The van der Waals surface area contributed by atoms with Gasteiger partial charge in [0.05, 0.1) is 12.2 Å². The van der Waals surface area contributed by atoms with Crippen LogP contribution >= 0.6 is 12.4 Å². The van der Waals surface area contributed by atoms with E-state index in [-0.39, 0.29) is 35.9 Å². The summed E-state index contributed by atoms with van der Waals surface area (Å²) in [6.07, 6.45) is 2.47. The highest BCUT2D eigenvalue weighted by Crippen LogP contribution is 2.51. The second-order valence-electron chi connectivity index (χ2n) is 8.30. The van der Waals surface area contributed by atoms with Crippen molar-refractivity contribution in [2.24, 2.45) is 11.1 Å². The van der Waals surface area contributed by atoms with E-state index in [1.165, 1.54) is 0 Å². The molecule has 3 N–H and O–H groups in total. The molecule has 6 heteroatoms. The van der Waals surface area contributed by atoms with Gasteiger partial charge in [-0.2, -0.15) is 0 Å². The molecule has 1 saturated carbocycles. The molecule has 2 fully saturated rings. The summed E-state index contributed by atoms with van der Waals surface area (Å²) in [6, 6.07) is 9.69. The Morgan fingerprint density at radius 3 is 2.63 bits per heavy atom. The number of amides is 1. The Kier molecular flexibility index (Phi) is 6.96. The van der Waals surface area contributed by atoms with Crippen LogP contribution in [-0.4, -0.2) is 46.7 Å². The fourth-order valence-electron chi connectivity index (χ4n) is 4.47. The van der Waals surface area contributed by atoms with Crippen LogP contribution in [-0.2, 0) is 9.53 Å². The predicted molar refractivity (Wildman–Crippen MR) is 109 cm³/mol. The normalized spacial score (nSPS) is 30.3. The maximum absolute atomic E-state index is 13.3. The van der Waals surface area contributed by atoms with Crippen molar-refractivity contribution >= 4 is 18.3 Å². The van der Waals surface area contributed by atoms with Crippen LogP contribution in [0.4, 0.5) is 0 Å². The van der Waals surface area contributed by atoms with Crippen LogP contribution in [0.5, 0.6) is 0 Å². The SMILES string of the molecule is CCOC1CC(N)(C(=O)N2CCCC2CC(O)c2ccccc2)C1(C)C.Cl. The van der Waals surface area contributed by atoms with Crippen LogP contribution in [0.3, 0.4) is 0 Å². The van der Waals surface area contributed by atoms with E-state index in [1.807, 2.05) is 56.0 Å². The Morgan fingerprint density at radius 1 is 1.37 bits per heavy atom. The number of ether oxygens (including phenoxy) is 1. The maximum atomic E-state index is 13.3. The van der Waals surface area contributed by atoms with Gasteiger partial charge in [-0.25, -0.2) is 0 Å². The lowest BCUT2D eigenvalue weighted by Gasteiger charge is -2.58. The number of rotatable bonds is 6. The van der Waals surface area contributed by atoms with Crippen LogP contribution in [0, 0.1) is 5.41 Å². The molecule has 0 radical (unpaired) electrons. The minimum atomic E-state index is -0.882. The molecule has 0 aromatic heterocycles. The van der Waals surface area contributed by atoms with Crippen molar-refractivity contribution in [2.75, 3.05) is 13.2 Å². The lowest BCUT2D eigenvalue weighted by atomic mass is 9.54. The average Bonchev–Trinajstić information content (AvgIpc) is 3.09. The van der Waals surface area contributed by atoms with Crippen molar-refractivity contribution in [1.29, 1.82) is 0 Å². The highest BCUT2D eigenvalue weighted by molar-refractivity contribution is 5.89. The van der Waals surface area contributed by atoms with Crippen molar-refractivity contribution in [3.05, 3.63) is 35.9 Å². The van der Waals surface area contributed by atoms with E-state index in [2.05, 4.69) is 0 Å². The molecule has 4 unspecified atom stereocenters. The Morgan fingerprint density at radius 2 is 2.04 bits per heavy atom. The molecule has 1 amide bonds. The summed E-state index contributed by atoms with van der Waals surface area (Å²) in [4.78, 5) is 15.2. The van der Waals surface area contributed by atoms with Gasteiger partial charge in [-0.05, 0) is 31.7 Å². The fraction of sp³-hybridized carbons (Fsp3) is 0.667. The van der Waals surface area contributed by atoms with Crippen LogP contribution in [0.25, 0.3) is 0 Å². The maximum Gasteiger partial charge on any atom is 0.243 e. The summed E-state index contributed by atoms with van der Waals surface area (Å²) in [6.45, 7) is 7.38. The van der Waals surface area contributed by atoms with E-state index in [0.717, 1.165) is 24.9 Å². The number of benzene rings is 1. The van der Waals surface area contributed by atoms with Gasteiger partial charge >= 0.3 is 0 Å². The molecular formula is C21H33ClN2O3. The van der Waals surface area contributed by atoms with Crippen LogP contribution in [0.1, 0.15) is 58.1 Å². The number of aliphatic hydroxyl groups excluding tert-OH is 1. The number of likely N-dealkylation sites (tertiary alicyclic amines) is 1. The van der Waals surface area contributed by atoms with E-state index in [1.54, 1.807) is 0 Å². The van der Waals surface area contributed by atoms with Gasteiger partial charge in [-0.3, -0.25) is 4.79 Å². The third-order valence-electron chi connectivity index (χ3n) is 6.53. The Bertz CT molecular complexity index is 640. The predicted octanol–water partition coefficient (Wildman–Crippen LogP) is 3.06. The van der Waals surface area contributed by atoms with Gasteiger partial charge < -0.3 is 20.5 Å². The topological polar surface area (TPSA) is 75.8 Å². The number of carbonyl (C=O) groups is 1. The molecule has 1 aliphatic heterocycles. The first-order valence-electron chi connectivity index (χ1n) is 9.76. The molecule has 5 nitrogen and oxygen atoms in total. The number of hydrogen-bond donors (Lipinski definition) is 2. The standard InChI is InChI=1S/C21H32N2O3.ClH/c1-4-26-18-14-21(22,20(18,2)3)19(25)23-12-8-11-16(23)13-17(24)15-9-6-5-7-10-15;/h5-7,9-10,16-18,24H,4,8,11-14,22H2,1-3H3;1H. The number of carbonyl (C=O) groups excluding carboxylic acids is 1. The zero-order chi connectivity index (χ0) is 18.9. The third kappa shape index (κ3) is 3.88. The summed E-state index contributed by atoms with van der Waals surface area (Å²) in [7, 11) is 0. The lowest BCUT2D eigenvalue weighted by Crippen LogP contribution is -2.76. The third-order valence-corrected chi connectivity index (χ3v) is 6.53. The number of nitrogens with two attached hydrogens (primary N) is 1. The molecule has 1 aromatic rings. The molecule has 1 heterocycles. The first kappa shape index (κ1) is 22.2. The average molecular weight is 397 g/mol. The first-order chi connectivity index (χ1) is 12.3. The van der Waals surface area contributed by atoms with Crippen molar-refractivity contribution in [1.82, 2.24) is 4.90 Å². The van der Waals surface area contributed by atoms with Gasteiger partial charge in [-0.1, -0.05) is 44.2 Å². The molecule has 0 bridgehead atoms. The van der Waals surface area contributed by atoms with Gasteiger partial charge in [-0.15, -0.1) is 12.4 Å². The number of halogens is 1. The molecule has 0 spiro atoms. The van der Waals surface area contributed by atoms with E-state index >= 15 is 0 Å². The quantitative estimate of drug-likeness (QED) is 0.774. The summed E-state index contributed by atoms with van der Waals surface area (Å²) in [5.41, 5.74) is 6.23. The lowest BCUT2D eigenvalue weighted by molar-refractivity contribution is -0.180. The second-order valence-corrected chi connectivity index (χ2v) is 8.30. The monoisotopic (exact) mass is 396 g/mol. The van der Waals surface area contributed by atoms with Crippen LogP contribution < -0.4 is 5.73 Å². The highest BCUT2D eigenvalue weighted by atomic mass is 35.5. The fourth-order valence-corrected chi connectivity index (χ4v) is 4.47. The van der Waals surface area contributed by atoms with Crippen molar-refractivity contribution < 1.29 is 14.6 Å². The zero-order valence-corrected chi connectivity index (χ0v) is 17.4. The number of aliphatic hydroxyl groups is 1. The summed E-state index contributed by atoms with van der Waals surface area (Å²) in [5, 5.41) is 10.6. The largest absolute Gasteiger partial charge is 0.388 e.